The van der Waals surface area contributed by atoms with Gasteiger partial charge in [0.1, 0.15) is 0 Å². The summed E-state index contributed by atoms with van der Waals surface area (Å²) >= 11 is 0. The molecule has 1 unspecified atom stereocenters. The molecule has 23 heavy (non-hydrogen) atoms. The lowest BCUT2D eigenvalue weighted by Gasteiger charge is -2.35. The van der Waals surface area contributed by atoms with Crippen LogP contribution in [0.4, 0.5) is 5.69 Å². The lowest BCUT2D eigenvalue weighted by molar-refractivity contribution is -0.164. The summed E-state index contributed by atoms with van der Waals surface area (Å²) in [5.74, 6) is -0.319. The van der Waals surface area contributed by atoms with E-state index in [0.717, 1.165) is 11.3 Å². The standard InChI is InChI=1S/C18H17NO4/c1-9(20)16-15-13-8-22-18(23-13)17(21)14(15)12-7-6-10-4-2-3-5-11(10)19(12)16/h2-7,12-16,18H,8H2,1H3/t12-,13-,14-,15+,16-,18?/m1/s1. The number of benzene rings is 1. The molecule has 1 aromatic carbocycles. The maximum atomic E-state index is 12.8. The first-order valence-corrected chi connectivity index (χ1v) is 8.03. The van der Waals surface area contributed by atoms with Crippen LogP contribution in [0.25, 0.3) is 6.08 Å². The normalized spacial score (nSPS) is 39.9. The van der Waals surface area contributed by atoms with E-state index in [0.29, 0.717) is 6.61 Å². The average Bonchev–Trinajstić information content (AvgIpc) is 3.13. The number of hydrogen-bond donors (Lipinski definition) is 0. The van der Waals surface area contributed by atoms with E-state index in [9.17, 15) is 9.59 Å². The summed E-state index contributed by atoms with van der Waals surface area (Å²) in [5, 5.41) is 0. The Morgan fingerprint density at radius 1 is 1.30 bits per heavy atom. The number of fused-ring (bicyclic) bond motifs is 8. The van der Waals surface area contributed by atoms with Crippen molar-refractivity contribution in [2.75, 3.05) is 11.5 Å². The number of rotatable bonds is 1. The summed E-state index contributed by atoms with van der Waals surface area (Å²) in [5.41, 5.74) is 2.11. The lowest BCUT2D eigenvalue weighted by atomic mass is 9.78. The third-order valence-corrected chi connectivity index (χ3v) is 5.57. The van der Waals surface area contributed by atoms with Crippen molar-refractivity contribution in [3.63, 3.8) is 0 Å². The molecule has 4 aliphatic rings. The zero-order chi connectivity index (χ0) is 15.7. The number of carbonyl (C=O) groups excluding carboxylic acids is 2. The molecule has 0 aliphatic carbocycles. The van der Waals surface area contributed by atoms with Gasteiger partial charge in [-0.05, 0) is 18.6 Å². The monoisotopic (exact) mass is 311 g/mol. The summed E-state index contributed by atoms with van der Waals surface area (Å²) in [4.78, 5) is 27.4. The van der Waals surface area contributed by atoms with Gasteiger partial charge in [-0.1, -0.05) is 30.4 Å². The fourth-order valence-electron chi connectivity index (χ4n) is 4.74. The van der Waals surface area contributed by atoms with Gasteiger partial charge in [0.25, 0.3) is 0 Å². The van der Waals surface area contributed by atoms with Crippen LogP contribution < -0.4 is 4.90 Å². The van der Waals surface area contributed by atoms with E-state index in [-0.39, 0.29) is 41.6 Å². The highest BCUT2D eigenvalue weighted by molar-refractivity contribution is 5.95. The molecular weight excluding hydrogens is 294 g/mol. The summed E-state index contributed by atoms with van der Waals surface area (Å²) < 4.78 is 11.2. The van der Waals surface area contributed by atoms with Gasteiger partial charge in [-0.3, -0.25) is 9.59 Å². The van der Waals surface area contributed by atoms with Crippen LogP contribution in [0, 0.1) is 11.8 Å². The number of hydrogen-bond acceptors (Lipinski definition) is 5. The minimum absolute atomic E-state index is 0.0217. The Labute approximate surface area is 133 Å². The molecule has 3 saturated heterocycles. The molecule has 3 fully saturated rings. The summed E-state index contributed by atoms with van der Waals surface area (Å²) in [6.07, 6.45) is 3.19. The van der Waals surface area contributed by atoms with Crippen molar-refractivity contribution in [2.45, 2.75) is 31.4 Å². The Morgan fingerprint density at radius 2 is 2.13 bits per heavy atom. The smallest absolute Gasteiger partial charge is 0.218 e. The highest BCUT2D eigenvalue weighted by atomic mass is 16.7. The maximum absolute atomic E-state index is 12.8. The molecule has 118 valence electrons. The van der Waals surface area contributed by atoms with Crippen molar-refractivity contribution in [3.8, 4) is 0 Å². The quantitative estimate of drug-likeness (QED) is 0.785. The Morgan fingerprint density at radius 3 is 2.96 bits per heavy atom. The molecule has 0 amide bonds. The van der Waals surface area contributed by atoms with E-state index in [4.69, 9.17) is 9.47 Å². The van der Waals surface area contributed by atoms with Crippen LogP contribution in [0.15, 0.2) is 30.3 Å². The zero-order valence-corrected chi connectivity index (χ0v) is 12.7. The molecule has 5 heteroatoms. The molecule has 4 aliphatic heterocycles. The minimum atomic E-state index is -0.751. The fourth-order valence-corrected chi connectivity index (χ4v) is 4.74. The van der Waals surface area contributed by atoms with Crippen molar-refractivity contribution in [3.05, 3.63) is 35.9 Å². The molecule has 6 atom stereocenters. The van der Waals surface area contributed by atoms with Crippen molar-refractivity contribution >= 4 is 23.3 Å². The van der Waals surface area contributed by atoms with Gasteiger partial charge in [0.15, 0.2) is 11.6 Å². The Bertz CT molecular complexity index is 742. The molecule has 0 saturated carbocycles. The Hall–Kier alpha value is -1.98. The number of nitrogens with zero attached hydrogens (tertiary/aromatic N) is 1. The van der Waals surface area contributed by atoms with Crippen LogP contribution in [-0.2, 0) is 19.1 Å². The van der Waals surface area contributed by atoms with Gasteiger partial charge in [0.2, 0.25) is 6.29 Å². The number of ether oxygens (including phenoxy) is 2. The van der Waals surface area contributed by atoms with Crippen molar-refractivity contribution < 1.29 is 19.1 Å². The van der Waals surface area contributed by atoms with Crippen LogP contribution in [0.3, 0.4) is 0 Å². The number of carbonyl (C=O) groups is 2. The first-order chi connectivity index (χ1) is 11.2. The van der Waals surface area contributed by atoms with Crippen LogP contribution in [0.5, 0.6) is 0 Å². The van der Waals surface area contributed by atoms with Crippen molar-refractivity contribution in [1.29, 1.82) is 0 Å². The van der Waals surface area contributed by atoms with Crippen molar-refractivity contribution in [1.82, 2.24) is 0 Å². The van der Waals surface area contributed by atoms with E-state index < -0.39 is 6.29 Å². The summed E-state index contributed by atoms with van der Waals surface area (Å²) in [6.45, 7) is 2.00. The average molecular weight is 311 g/mol. The molecule has 0 N–H and O–H groups in total. The van der Waals surface area contributed by atoms with Gasteiger partial charge in [0, 0.05) is 11.6 Å². The number of para-hydroxylation sites is 1. The van der Waals surface area contributed by atoms with Crippen LogP contribution in [0.2, 0.25) is 0 Å². The lowest BCUT2D eigenvalue weighted by Crippen LogP contribution is -2.48. The van der Waals surface area contributed by atoms with Gasteiger partial charge in [-0.25, -0.2) is 0 Å². The van der Waals surface area contributed by atoms with E-state index in [1.165, 1.54) is 0 Å². The molecular formula is C18H17NO4. The third-order valence-electron chi connectivity index (χ3n) is 5.57. The summed E-state index contributed by atoms with van der Waals surface area (Å²) in [7, 11) is 0. The van der Waals surface area contributed by atoms with Gasteiger partial charge < -0.3 is 14.4 Å². The number of anilines is 1. The SMILES string of the molecule is CC(=O)[C@@H]1[C@@H]2[C@H](C(=O)C3OC[C@H]2O3)[C@H]2C=Cc3ccccc3N21. The molecule has 4 heterocycles. The van der Waals surface area contributed by atoms with Crippen LogP contribution >= 0.6 is 0 Å². The first kappa shape index (κ1) is 13.5. The topological polar surface area (TPSA) is 55.8 Å². The molecule has 2 bridgehead atoms. The van der Waals surface area contributed by atoms with Crippen LogP contribution in [-0.4, -0.2) is 42.7 Å². The molecule has 5 nitrogen and oxygen atoms in total. The van der Waals surface area contributed by atoms with Gasteiger partial charge >= 0.3 is 0 Å². The second-order valence-electron chi connectivity index (χ2n) is 6.72. The molecule has 0 aromatic heterocycles. The predicted molar refractivity (Wildman–Crippen MR) is 82.8 cm³/mol. The zero-order valence-electron chi connectivity index (χ0n) is 12.7. The van der Waals surface area contributed by atoms with E-state index in [2.05, 4.69) is 17.1 Å². The Kier molecular flexibility index (Phi) is 2.65. The predicted octanol–water partition coefficient (Wildman–Crippen LogP) is 1.42. The number of Topliss-reactive ketones (excluding diaryl/α,β-unsaturated/α-hetero) is 2. The molecule has 1 aromatic rings. The Balaban J connectivity index is 1.69. The maximum Gasteiger partial charge on any atom is 0.218 e. The first-order valence-electron chi connectivity index (χ1n) is 8.03. The largest absolute Gasteiger partial charge is 0.353 e. The fraction of sp³-hybridized carbons (Fsp3) is 0.444. The van der Waals surface area contributed by atoms with Crippen molar-refractivity contribution in [2.24, 2.45) is 11.8 Å². The molecule has 5 rings (SSSR count). The second-order valence-corrected chi connectivity index (χ2v) is 6.72. The van der Waals surface area contributed by atoms with E-state index in [1.807, 2.05) is 24.3 Å². The van der Waals surface area contributed by atoms with Gasteiger partial charge in [-0.2, -0.15) is 0 Å². The molecule has 0 spiro atoms. The molecule has 0 radical (unpaired) electrons. The third kappa shape index (κ3) is 1.64. The van der Waals surface area contributed by atoms with Crippen LogP contribution in [0.1, 0.15) is 12.5 Å². The highest BCUT2D eigenvalue weighted by Gasteiger charge is 2.62. The van der Waals surface area contributed by atoms with E-state index >= 15 is 0 Å². The minimum Gasteiger partial charge on any atom is -0.353 e. The summed E-state index contributed by atoms with van der Waals surface area (Å²) in [6, 6.07) is 7.59. The van der Waals surface area contributed by atoms with E-state index in [1.54, 1.807) is 6.92 Å². The van der Waals surface area contributed by atoms with Gasteiger partial charge in [0.05, 0.1) is 30.7 Å². The second kappa shape index (κ2) is 4.52. The highest BCUT2D eigenvalue weighted by Crippen LogP contribution is 2.50. The van der Waals surface area contributed by atoms with Gasteiger partial charge in [-0.15, -0.1) is 0 Å². The number of ketones is 2.